The number of unbranched alkanes of at least 4 members (excludes halogenated alkanes) is 30. The van der Waals surface area contributed by atoms with Crippen LogP contribution in [0.15, 0.2) is 48.6 Å². The molecule has 1 aliphatic heterocycles. The lowest BCUT2D eigenvalue weighted by molar-refractivity contribution is -0.301. The van der Waals surface area contributed by atoms with E-state index < -0.39 is 67.3 Å². The van der Waals surface area contributed by atoms with Crippen LogP contribution >= 0.6 is 0 Å². The number of carbonyl (C=O) groups is 4. The third-order valence-corrected chi connectivity index (χ3v) is 13.9. The zero-order chi connectivity index (χ0) is 54.7. The summed E-state index contributed by atoms with van der Waals surface area (Å²) in [5.41, 5.74) is 0. The summed E-state index contributed by atoms with van der Waals surface area (Å²) >= 11 is 0. The van der Waals surface area contributed by atoms with Gasteiger partial charge in [-0.1, -0.05) is 262 Å². The number of aliphatic hydroxyl groups is 2. The number of allylic oxidation sites excluding steroid dienone is 8. The first-order valence-corrected chi connectivity index (χ1v) is 30.6. The molecule has 6 atom stereocenters. The Bertz CT molecular complexity index is 1490. The maximum absolute atomic E-state index is 13.1. The van der Waals surface area contributed by atoms with Gasteiger partial charge >= 0.3 is 23.9 Å². The van der Waals surface area contributed by atoms with E-state index in [2.05, 4.69) is 57.2 Å². The number of carbonyl (C=O) groups excluding carboxylic acids is 3. The highest BCUT2D eigenvalue weighted by atomic mass is 16.7. The van der Waals surface area contributed by atoms with Crippen molar-refractivity contribution in [2.24, 2.45) is 0 Å². The van der Waals surface area contributed by atoms with E-state index in [4.69, 9.17) is 23.7 Å². The monoisotopic (exact) mass is 1060 g/mol. The largest absolute Gasteiger partial charge is 0.479 e. The van der Waals surface area contributed by atoms with E-state index in [1.54, 1.807) is 0 Å². The highest BCUT2D eigenvalue weighted by Gasteiger charge is 2.50. The van der Waals surface area contributed by atoms with Gasteiger partial charge in [0.25, 0.3) is 0 Å². The van der Waals surface area contributed by atoms with Crippen molar-refractivity contribution in [3.8, 4) is 0 Å². The van der Waals surface area contributed by atoms with Gasteiger partial charge in [0.2, 0.25) is 0 Å². The van der Waals surface area contributed by atoms with Crippen molar-refractivity contribution < 1.29 is 58.2 Å². The lowest BCUT2D eigenvalue weighted by Crippen LogP contribution is -2.61. The minimum absolute atomic E-state index is 0.0450. The summed E-state index contributed by atoms with van der Waals surface area (Å²) in [6.45, 7) is 5.85. The molecule has 12 heteroatoms. The SMILES string of the molecule is CC/C=C\C/C=C\C/C=C\C/C=C\CCC(=O)OC(COC(=O)CCCCCCCCCCCCCCCCCCC)COC1OC(C(=O)O)C(O)C(O)C1OC(=O)CCCCCCCCCCCCCCCCC. The van der Waals surface area contributed by atoms with E-state index in [9.17, 15) is 34.5 Å². The molecule has 1 aliphatic rings. The molecule has 0 aromatic carbocycles. The molecule has 75 heavy (non-hydrogen) atoms. The Balaban J connectivity index is 2.69. The van der Waals surface area contributed by atoms with Gasteiger partial charge in [-0.25, -0.2) is 4.79 Å². The van der Waals surface area contributed by atoms with Gasteiger partial charge < -0.3 is 39.0 Å². The minimum atomic E-state index is -1.91. The van der Waals surface area contributed by atoms with E-state index in [1.165, 1.54) is 148 Å². The molecule has 6 unspecified atom stereocenters. The molecule has 0 aromatic heterocycles. The van der Waals surface area contributed by atoms with Crippen LogP contribution in [0.5, 0.6) is 0 Å². The fourth-order valence-electron chi connectivity index (χ4n) is 9.27. The second kappa shape index (κ2) is 51.4. The Morgan fingerprint density at radius 3 is 1.25 bits per heavy atom. The normalized spacial score (nSPS) is 18.4. The molecule has 0 bridgehead atoms. The summed E-state index contributed by atoms with van der Waals surface area (Å²) in [6, 6.07) is 0. The summed E-state index contributed by atoms with van der Waals surface area (Å²) in [5, 5.41) is 31.5. The quantitative estimate of drug-likeness (QED) is 0.0228. The highest BCUT2D eigenvalue weighted by molar-refractivity contribution is 5.74. The molecule has 0 radical (unpaired) electrons. The van der Waals surface area contributed by atoms with E-state index in [0.29, 0.717) is 19.3 Å². The molecule has 0 amide bonds. The highest BCUT2D eigenvalue weighted by Crippen LogP contribution is 2.27. The van der Waals surface area contributed by atoms with Crippen molar-refractivity contribution in [2.45, 2.75) is 314 Å². The molecule has 1 fully saturated rings. The van der Waals surface area contributed by atoms with E-state index in [0.717, 1.165) is 70.6 Å². The van der Waals surface area contributed by atoms with Crippen LogP contribution in [0.2, 0.25) is 0 Å². The fourth-order valence-corrected chi connectivity index (χ4v) is 9.27. The smallest absolute Gasteiger partial charge is 0.335 e. The second-order valence-electron chi connectivity index (χ2n) is 21.0. The number of esters is 3. The number of carboxylic acid groups (broad SMARTS) is 1. The number of hydrogen-bond donors (Lipinski definition) is 3. The van der Waals surface area contributed by atoms with Crippen LogP contribution in [-0.4, -0.2) is 89.2 Å². The Labute approximate surface area is 456 Å². The lowest BCUT2D eigenvalue weighted by atomic mass is 9.98. The van der Waals surface area contributed by atoms with Gasteiger partial charge in [0.1, 0.15) is 18.8 Å². The number of rotatable bonds is 52. The molecule has 0 aliphatic carbocycles. The standard InChI is InChI=1S/C63H110O12/c1-4-7-10-13-16-19-22-25-27-28-30-32-34-37-40-43-46-49-55(64)71-52-54(73-56(65)50-47-44-41-38-35-31-24-21-18-15-12-9-6-3)53-72-63-61(59(68)58(67)60(75-63)62(69)70)74-57(66)51-48-45-42-39-36-33-29-26-23-20-17-14-11-8-5-2/h9,12,18,21,31,35,41,44,54,58-61,63,67-68H,4-8,10-11,13-17,19-20,22-30,32-34,36-40,42-43,45-53H2,1-3H3,(H,69,70)/b12-9-,21-18-,35-31-,44-41-. The number of aliphatic hydroxyl groups excluding tert-OH is 2. The van der Waals surface area contributed by atoms with E-state index in [-0.39, 0.29) is 25.9 Å². The Hall–Kier alpha value is -3.32. The molecule has 0 spiro atoms. The third-order valence-electron chi connectivity index (χ3n) is 13.9. The average molecular weight is 1060 g/mol. The summed E-state index contributed by atoms with van der Waals surface area (Å²) in [5.74, 6) is -3.20. The zero-order valence-electron chi connectivity index (χ0n) is 47.8. The molecular formula is C63H110O12. The first-order valence-electron chi connectivity index (χ1n) is 30.6. The van der Waals surface area contributed by atoms with Gasteiger partial charge in [0.05, 0.1) is 6.61 Å². The molecule has 434 valence electrons. The molecule has 1 heterocycles. The summed E-state index contributed by atoms with van der Waals surface area (Å²) in [6.07, 6.45) is 49.6. The van der Waals surface area contributed by atoms with Crippen LogP contribution in [0.1, 0.15) is 278 Å². The third kappa shape index (κ3) is 41.5. The van der Waals surface area contributed by atoms with Crippen molar-refractivity contribution in [3.63, 3.8) is 0 Å². The van der Waals surface area contributed by atoms with Crippen molar-refractivity contribution in [1.82, 2.24) is 0 Å². The van der Waals surface area contributed by atoms with E-state index in [1.807, 2.05) is 12.2 Å². The molecular weight excluding hydrogens is 949 g/mol. The van der Waals surface area contributed by atoms with Crippen LogP contribution in [0.4, 0.5) is 0 Å². The van der Waals surface area contributed by atoms with Gasteiger partial charge in [-0.3, -0.25) is 14.4 Å². The minimum Gasteiger partial charge on any atom is -0.479 e. The van der Waals surface area contributed by atoms with Gasteiger partial charge in [0, 0.05) is 19.3 Å². The summed E-state index contributed by atoms with van der Waals surface area (Å²) in [4.78, 5) is 51.1. The predicted molar refractivity (Wildman–Crippen MR) is 303 cm³/mol. The van der Waals surface area contributed by atoms with Gasteiger partial charge in [-0.15, -0.1) is 0 Å². The topological polar surface area (TPSA) is 175 Å². The van der Waals surface area contributed by atoms with Crippen molar-refractivity contribution in [3.05, 3.63) is 48.6 Å². The van der Waals surface area contributed by atoms with Crippen LogP contribution in [-0.2, 0) is 42.9 Å². The Kier molecular flexibility index (Phi) is 47.8. The molecule has 3 N–H and O–H groups in total. The summed E-state index contributed by atoms with van der Waals surface area (Å²) in [7, 11) is 0. The van der Waals surface area contributed by atoms with E-state index >= 15 is 0 Å². The Morgan fingerprint density at radius 2 is 0.840 bits per heavy atom. The first kappa shape index (κ1) is 69.7. The molecule has 1 saturated heterocycles. The molecule has 1 rings (SSSR count). The first-order chi connectivity index (χ1) is 36.6. The number of carboxylic acids is 1. The van der Waals surface area contributed by atoms with Crippen LogP contribution < -0.4 is 0 Å². The zero-order valence-corrected chi connectivity index (χ0v) is 47.8. The van der Waals surface area contributed by atoms with Crippen LogP contribution in [0.25, 0.3) is 0 Å². The van der Waals surface area contributed by atoms with Crippen LogP contribution in [0, 0.1) is 0 Å². The molecule has 12 nitrogen and oxygen atoms in total. The maximum Gasteiger partial charge on any atom is 0.335 e. The predicted octanol–water partition coefficient (Wildman–Crippen LogP) is 15.8. The lowest BCUT2D eigenvalue weighted by Gasteiger charge is -2.40. The second-order valence-corrected chi connectivity index (χ2v) is 21.0. The number of ether oxygens (including phenoxy) is 5. The maximum atomic E-state index is 13.1. The average Bonchev–Trinajstić information content (AvgIpc) is 3.39. The number of hydrogen-bond acceptors (Lipinski definition) is 11. The van der Waals surface area contributed by atoms with Gasteiger partial charge in [-0.2, -0.15) is 0 Å². The molecule has 0 saturated carbocycles. The number of aliphatic carboxylic acids is 1. The van der Waals surface area contributed by atoms with Crippen molar-refractivity contribution >= 4 is 23.9 Å². The Morgan fingerprint density at radius 1 is 0.453 bits per heavy atom. The summed E-state index contributed by atoms with van der Waals surface area (Å²) < 4.78 is 28.4. The van der Waals surface area contributed by atoms with Crippen LogP contribution in [0.3, 0.4) is 0 Å². The molecule has 0 aromatic rings. The van der Waals surface area contributed by atoms with Gasteiger partial charge in [-0.05, 0) is 44.9 Å². The van der Waals surface area contributed by atoms with Gasteiger partial charge in [0.15, 0.2) is 24.6 Å². The van der Waals surface area contributed by atoms with Crippen molar-refractivity contribution in [1.29, 1.82) is 0 Å². The fraction of sp³-hybridized carbons (Fsp3) is 0.810. The van der Waals surface area contributed by atoms with Crippen molar-refractivity contribution in [2.75, 3.05) is 13.2 Å².